The van der Waals surface area contributed by atoms with E-state index in [4.69, 9.17) is 0 Å². The Kier molecular flexibility index (Phi) is 5.08. The number of carbonyl (C=O) groups excluding carboxylic acids is 2. The maximum absolute atomic E-state index is 12.5. The largest absolute Gasteiger partial charge is 0.339 e. The highest BCUT2D eigenvalue weighted by atomic mass is 32.2. The van der Waals surface area contributed by atoms with E-state index in [9.17, 15) is 18.0 Å². The summed E-state index contributed by atoms with van der Waals surface area (Å²) in [5.41, 5.74) is 1.22. The molecule has 0 aromatic heterocycles. The van der Waals surface area contributed by atoms with Crippen LogP contribution in [0.4, 0.5) is 5.69 Å². The summed E-state index contributed by atoms with van der Waals surface area (Å²) in [5.74, 6) is -0.218. The van der Waals surface area contributed by atoms with E-state index < -0.39 is 10.0 Å². The van der Waals surface area contributed by atoms with Crippen molar-refractivity contribution in [2.45, 2.75) is 24.7 Å². The van der Waals surface area contributed by atoms with Crippen LogP contribution in [0.3, 0.4) is 0 Å². The molecular weight excluding hydrogens is 352 g/mol. The fourth-order valence-electron chi connectivity index (χ4n) is 2.90. The van der Waals surface area contributed by atoms with E-state index in [2.05, 4.69) is 4.72 Å². The lowest BCUT2D eigenvalue weighted by atomic mass is 10.1. The van der Waals surface area contributed by atoms with Crippen LogP contribution in [-0.2, 0) is 10.0 Å². The predicted molar refractivity (Wildman–Crippen MR) is 98.8 cm³/mol. The van der Waals surface area contributed by atoms with Crippen molar-refractivity contribution in [3.8, 4) is 0 Å². The molecular formula is C19H20N2O4S. The van der Waals surface area contributed by atoms with Gasteiger partial charge in [-0.1, -0.05) is 12.1 Å². The molecule has 3 rings (SSSR count). The zero-order chi connectivity index (χ0) is 18.7. The Labute approximate surface area is 152 Å². The van der Waals surface area contributed by atoms with Gasteiger partial charge in [0, 0.05) is 29.9 Å². The smallest absolute Gasteiger partial charge is 0.261 e. The van der Waals surface area contributed by atoms with Crippen molar-refractivity contribution in [2.24, 2.45) is 0 Å². The number of sulfonamides is 1. The molecule has 0 bridgehead atoms. The molecule has 26 heavy (non-hydrogen) atoms. The molecule has 0 radical (unpaired) electrons. The number of anilines is 1. The lowest BCUT2D eigenvalue weighted by molar-refractivity contribution is 0.0792. The summed E-state index contributed by atoms with van der Waals surface area (Å²) in [7, 11) is -3.80. The summed E-state index contributed by atoms with van der Waals surface area (Å²) >= 11 is 0. The van der Waals surface area contributed by atoms with Gasteiger partial charge in [0.05, 0.1) is 4.90 Å². The molecule has 0 unspecified atom stereocenters. The van der Waals surface area contributed by atoms with Crippen LogP contribution in [0.1, 0.15) is 40.5 Å². The van der Waals surface area contributed by atoms with Gasteiger partial charge >= 0.3 is 0 Å². The van der Waals surface area contributed by atoms with Crippen LogP contribution in [0.2, 0.25) is 0 Å². The summed E-state index contributed by atoms with van der Waals surface area (Å²) in [6, 6.07) is 12.2. The normalized spacial score (nSPS) is 14.3. The average Bonchev–Trinajstić information content (AvgIpc) is 3.15. The third-order valence-corrected chi connectivity index (χ3v) is 5.72. The number of rotatable bonds is 5. The standard InChI is InChI=1S/C19H20N2O4S/c1-14(22)16-5-4-6-17(13-16)20-26(24,25)18-9-7-15(8-10-18)19(23)21-11-2-3-12-21/h4-10,13,20H,2-3,11-12H2,1H3. The van der Waals surface area contributed by atoms with E-state index in [0.717, 1.165) is 25.9 Å². The van der Waals surface area contributed by atoms with Gasteiger partial charge in [0.15, 0.2) is 5.78 Å². The monoisotopic (exact) mass is 372 g/mol. The van der Waals surface area contributed by atoms with Crippen LogP contribution >= 0.6 is 0 Å². The lowest BCUT2D eigenvalue weighted by Crippen LogP contribution is -2.27. The number of Topliss-reactive ketones (excluding diaryl/α,β-unsaturated/α-hetero) is 1. The first-order chi connectivity index (χ1) is 12.4. The van der Waals surface area contributed by atoms with Crippen molar-refractivity contribution >= 4 is 27.4 Å². The van der Waals surface area contributed by atoms with Crippen LogP contribution in [0.25, 0.3) is 0 Å². The van der Waals surface area contributed by atoms with Crippen molar-refractivity contribution < 1.29 is 18.0 Å². The number of likely N-dealkylation sites (tertiary alicyclic amines) is 1. The summed E-state index contributed by atoms with van der Waals surface area (Å²) in [6.45, 7) is 2.91. The third-order valence-electron chi connectivity index (χ3n) is 4.33. The molecule has 0 saturated carbocycles. The lowest BCUT2D eigenvalue weighted by Gasteiger charge is -2.15. The first-order valence-electron chi connectivity index (χ1n) is 8.40. The number of carbonyl (C=O) groups is 2. The Balaban J connectivity index is 1.78. The molecule has 1 fully saturated rings. The SMILES string of the molecule is CC(=O)c1cccc(NS(=O)(=O)c2ccc(C(=O)N3CCCC3)cc2)c1. The highest BCUT2D eigenvalue weighted by molar-refractivity contribution is 7.92. The van der Waals surface area contributed by atoms with Gasteiger partial charge in [-0.25, -0.2) is 8.42 Å². The van der Waals surface area contributed by atoms with E-state index in [-0.39, 0.29) is 16.6 Å². The molecule has 0 atom stereocenters. The molecule has 1 aliphatic heterocycles. The topological polar surface area (TPSA) is 83.5 Å². The van der Waals surface area contributed by atoms with Crippen molar-refractivity contribution in [1.82, 2.24) is 4.90 Å². The molecule has 1 amide bonds. The molecule has 0 aliphatic carbocycles. The second-order valence-electron chi connectivity index (χ2n) is 6.27. The fourth-order valence-corrected chi connectivity index (χ4v) is 3.94. The number of nitrogens with one attached hydrogen (secondary N) is 1. The van der Waals surface area contributed by atoms with Gasteiger partial charge < -0.3 is 4.90 Å². The molecule has 2 aromatic carbocycles. The Morgan fingerprint density at radius 1 is 0.962 bits per heavy atom. The predicted octanol–water partition coefficient (Wildman–Crippen LogP) is 2.93. The second-order valence-corrected chi connectivity index (χ2v) is 7.95. The molecule has 1 aliphatic rings. The highest BCUT2D eigenvalue weighted by Gasteiger charge is 2.21. The first kappa shape index (κ1) is 18.1. The number of nitrogens with zero attached hydrogens (tertiary/aromatic N) is 1. The summed E-state index contributed by atoms with van der Waals surface area (Å²) < 4.78 is 27.5. The maximum Gasteiger partial charge on any atom is 0.261 e. The van der Waals surface area contributed by atoms with Crippen LogP contribution in [0.15, 0.2) is 53.4 Å². The molecule has 1 N–H and O–H groups in total. The average molecular weight is 372 g/mol. The van der Waals surface area contributed by atoms with Gasteiger partial charge in [-0.3, -0.25) is 14.3 Å². The second kappa shape index (κ2) is 7.29. The number of hydrogen-bond acceptors (Lipinski definition) is 4. The molecule has 2 aromatic rings. The van der Waals surface area contributed by atoms with Gasteiger partial charge in [0.1, 0.15) is 0 Å². The van der Waals surface area contributed by atoms with E-state index >= 15 is 0 Å². The van der Waals surface area contributed by atoms with Gasteiger partial charge in [-0.05, 0) is 56.2 Å². The van der Waals surface area contributed by atoms with E-state index in [1.54, 1.807) is 23.1 Å². The molecule has 7 heteroatoms. The van der Waals surface area contributed by atoms with Crippen molar-refractivity contribution in [1.29, 1.82) is 0 Å². The minimum absolute atomic E-state index is 0.0590. The van der Waals surface area contributed by atoms with Crippen LogP contribution in [0.5, 0.6) is 0 Å². The van der Waals surface area contributed by atoms with Crippen molar-refractivity contribution in [2.75, 3.05) is 17.8 Å². The van der Waals surface area contributed by atoms with Gasteiger partial charge in [-0.2, -0.15) is 0 Å². The van der Waals surface area contributed by atoms with Crippen LogP contribution < -0.4 is 4.72 Å². The minimum atomic E-state index is -3.80. The van der Waals surface area contributed by atoms with E-state index in [1.807, 2.05) is 0 Å². The number of benzene rings is 2. The molecule has 6 nitrogen and oxygen atoms in total. The Morgan fingerprint density at radius 3 is 2.23 bits per heavy atom. The molecule has 136 valence electrons. The Bertz CT molecular complexity index is 930. The minimum Gasteiger partial charge on any atom is -0.339 e. The summed E-state index contributed by atoms with van der Waals surface area (Å²) in [5, 5.41) is 0. The zero-order valence-corrected chi connectivity index (χ0v) is 15.3. The maximum atomic E-state index is 12.5. The van der Waals surface area contributed by atoms with Crippen LogP contribution in [0, 0.1) is 0 Å². The van der Waals surface area contributed by atoms with Gasteiger partial charge in [0.2, 0.25) is 0 Å². The highest BCUT2D eigenvalue weighted by Crippen LogP contribution is 2.19. The third kappa shape index (κ3) is 3.94. The quantitative estimate of drug-likeness (QED) is 0.818. The van der Waals surface area contributed by atoms with Crippen molar-refractivity contribution in [3.05, 3.63) is 59.7 Å². The Morgan fingerprint density at radius 2 is 1.62 bits per heavy atom. The summed E-state index contributed by atoms with van der Waals surface area (Å²) in [6.07, 6.45) is 2.00. The van der Waals surface area contributed by atoms with Gasteiger partial charge in [0.25, 0.3) is 15.9 Å². The Hall–Kier alpha value is -2.67. The van der Waals surface area contributed by atoms with Crippen LogP contribution in [-0.4, -0.2) is 38.1 Å². The molecule has 1 saturated heterocycles. The number of ketones is 1. The number of amides is 1. The molecule has 0 spiro atoms. The van der Waals surface area contributed by atoms with Gasteiger partial charge in [-0.15, -0.1) is 0 Å². The molecule has 1 heterocycles. The first-order valence-corrected chi connectivity index (χ1v) is 9.88. The summed E-state index contributed by atoms with van der Waals surface area (Å²) in [4.78, 5) is 25.6. The van der Waals surface area contributed by atoms with E-state index in [0.29, 0.717) is 16.8 Å². The van der Waals surface area contributed by atoms with E-state index in [1.165, 1.54) is 37.3 Å². The fraction of sp³-hybridized carbons (Fsp3) is 0.263. The number of hydrogen-bond donors (Lipinski definition) is 1. The zero-order valence-electron chi connectivity index (χ0n) is 14.4. The van der Waals surface area contributed by atoms with Crippen molar-refractivity contribution in [3.63, 3.8) is 0 Å².